The molecule has 0 unspecified atom stereocenters. The van der Waals surface area contributed by atoms with Crippen LogP contribution in [0.4, 0.5) is 5.95 Å². The molecule has 0 saturated carbocycles. The van der Waals surface area contributed by atoms with Crippen LogP contribution in [-0.2, 0) is 19.3 Å². The Hall–Kier alpha value is -3.21. The summed E-state index contributed by atoms with van der Waals surface area (Å²) in [6.07, 6.45) is 5.95. The van der Waals surface area contributed by atoms with E-state index in [4.69, 9.17) is 4.98 Å². The van der Waals surface area contributed by atoms with Crippen molar-refractivity contribution in [3.8, 4) is 0 Å². The molecule has 2 heterocycles. The van der Waals surface area contributed by atoms with Gasteiger partial charge in [-0.1, -0.05) is 68.4 Å². The summed E-state index contributed by atoms with van der Waals surface area (Å²) in [5.74, 6) is 0.180. The molecule has 1 N–H and O–H groups in total. The summed E-state index contributed by atoms with van der Waals surface area (Å²) in [4.78, 5) is 23.3. The van der Waals surface area contributed by atoms with Gasteiger partial charge in [-0.3, -0.25) is 0 Å². The van der Waals surface area contributed by atoms with E-state index in [-0.39, 0.29) is 5.56 Å². The van der Waals surface area contributed by atoms with Crippen molar-refractivity contribution in [2.75, 3.05) is 11.4 Å². The lowest BCUT2D eigenvalue weighted by molar-refractivity contribution is 0.0694. The van der Waals surface area contributed by atoms with Gasteiger partial charge in [-0.15, -0.1) is 0 Å². The standard InChI is InChI=1S/C27H31N3O2/c1-19(2)22-13-10-20(11-14-22)12-15-25-24(26(31)32)18-28-27(29-25)30-16-6-9-23(30)17-21-7-4-3-5-8-21/h3-5,7-8,10-11,13-14,18-19,23H,6,9,12,15-17H2,1-2H3,(H,31,32)/t23-/m0/s1. The van der Waals surface area contributed by atoms with Crippen molar-refractivity contribution in [1.29, 1.82) is 0 Å². The molecule has 1 aliphatic heterocycles. The molecule has 0 aliphatic carbocycles. The SMILES string of the molecule is CC(C)c1ccc(CCc2nc(N3CCC[C@H]3Cc3ccccc3)ncc2C(=O)O)cc1. The third kappa shape index (κ3) is 5.16. The van der Waals surface area contributed by atoms with Crippen molar-refractivity contribution in [3.63, 3.8) is 0 Å². The number of aromatic nitrogens is 2. The Bertz CT molecular complexity index is 1050. The van der Waals surface area contributed by atoms with Gasteiger partial charge in [-0.2, -0.15) is 0 Å². The normalized spacial score (nSPS) is 16.0. The molecule has 1 aromatic heterocycles. The first kappa shape index (κ1) is 22.0. The summed E-state index contributed by atoms with van der Waals surface area (Å²) >= 11 is 0. The van der Waals surface area contributed by atoms with Crippen molar-refractivity contribution in [1.82, 2.24) is 9.97 Å². The van der Waals surface area contributed by atoms with Crippen LogP contribution in [0.2, 0.25) is 0 Å². The van der Waals surface area contributed by atoms with Crippen LogP contribution in [0.15, 0.2) is 60.8 Å². The van der Waals surface area contributed by atoms with Crippen LogP contribution in [0.5, 0.6) is 0 Å². The van der Waals surface area contributed by atoms with Gasteiger partial charge < -0.3 is 10.0 Å². The Morgan fingerprint density at radius 1 is 1.06 bits per heavy atom. The number of anilines is 1. The van der Waals surface area contributed by atoms with E-state index in [1.165, 1.54) is 22.9 Å². The van der Waals surface area contributed by atoms with E-state index in [1.807, 2.05) is 6.07 Å². The molecule has 166 valence electrons. The zero-order valence-corrected chi connectivity index (χ0v) is 18.9. The van der Waals surface area contributed by atoms with Crippen LogP contribution >= 0.6 is 0 Å². The number of rotatable bonds is 8. The molecule has 32 heavy (non-hydrogen) atoms. The smallest absolute Gasteiger partial charge is 0.339 e. The monoisotopic (exact) mass is 429 g/mol. The van der Waals surface area contributed by atoms with Crippen molar-refractivity contribution in [2.45, 2.75) is 57.9 Å². The molecule has 0 amide bonds. The summed E-state index contributed by atoms with van der Waals surface area (Å²) in [6.45, 7) is 5.26. The minimum absolute atomic E-state index is 0.200. The quantitative estimate of drug-likeness (QED) is 0.527. The van der Waals surface area contributed by atoms with Crippen LogP contribution in [0.3, 0.4) is 0 Å². The zero-order chi connectivity index (χ0) is 22.5. The van der Waals surface area contributed by atoms with E-state index >= 15 is 0 Å². The fourth-order valence-electron chi connectivity index (χ4n) is 4.44. The lowest BCUT2D eigenvalue weighted by Gasteiger charge is -2.25. The van der Waals surface area contributed by atoms with Gasteiger partial charge in [0.15, 0.2) is 0 Å². The number of aromatic carboxylic acids is 1. The van der Waals surface area contributed by atoms with Gasteiger partial charge in [0.05, 0.1) is 11.3 Å². The van der Waals surface area contributed by atoms with Crippen molar-refractivity contribution in [3.05, 3.63) is 88.7 Å². The summed E-state index contributed by atoms with van der Waals surface area (Å²) in [7, 11) is 0. The fourth-order valence-corrected chi connectivity index (χ4v) is 4.44. The number of benzene rings is 2. The topological polar surface area (TPSA) is 66.3 Å². The number of aryl methyl sites for hydroxylation is 2. The highest BCUT2D eigenvalue weighted by atomic mass is 16.4. The van der Waals surface area contributed by atoms with Crippen molar-refractivity contribution >= 4 is 11.9 Å². The van der Waals surface area contributed by atoms with E-state index in [2.05, 4.69) is 72.3 Å². The third-order valence-electron chi connectivity index (χ3n) is 6.33. The highest BCUT2D eigenvalue weighted by molar-refractivity contribution is 5.88. The van der Waals surface area contributed by atoms with Crippen LogP contribution in [0.1, 0.15) is 65.3 Å². The van der Waals surface area contributed by atoms with Gasteiger partial charge in [0.1, 0.15) is 0 Å². The molecular weight excluding hydrogens is 398 g/mol. The van der Waals surface area contributed by atoms with Crippen LogP contribution in [0.25, 0.3) is 0 Å². The number of carbonyl (C=O) groups is 1. The second kappa shape index (κ2) is 9.94. The molecule has 2 aromatic carbocycles. The molecule has 3 aromatic rings. The minimum Gasteiger partial charge on any atom is -0.478 e. The molecule has 4 rings (SSSR count). The van der Waals surface area contributed by atoms with Crippen molar-refractivity contribution in [2.24, 2.45) is 0 Å². The van der Waals surface area contributed by atoms with E-state index in [9.17, 15) is 9.90 Å². The predicted octanol–water partition coefficient (Wildman–Crippen LogP) is 5.29. The summed E-state index contributed by atoms with van der Waals surface area (Å²) < 4.78 is 0. The average molecular weight is 430 g/mol. The Kier molecular flexibility index (Phi) is 6.84. The molecule has 1 atom stereocenters. The Morgan fingerprint density at radius 2 is 1.81 bits per heavy atom. The number of hydrogen-bond donors (Lipinski definition) is 1. The zero-order valence-electron chi connectivity index (χ0n) is 18.9. The first-order chi connectivity index (χ1) is 15.5. The van der Waals surface area contributed by atoms with Gasteiger partial charge in [0.2, 0.25) is 5.95 Å². The lowest BCUT2D eigenvalue weighted by Crippen LogP contribution is -2.33. The molecule has 1 aliphatic rings. The maximum absolute atomic E-state index is 11.8. The number of hydrogen-bond acceptors (Lipinski definition) is 4. The molecule has 5 heteroatoms. The molecule has 5 nitrogen and oxygen atoms in total. The van der Waals surface area contributed by atoms with Crippen LogP contribution in [0, 0.1) is 0 Å². The summed E-state index contributed by atoms with van der Waals surface area (Å²) in [5.41, 5.74) is 4.61. The molecule has 0 radical (unpaired) electrons. The molecule has 0 bridgehead atoms. The van der Waals surface area contributed by atoms with Gasteiger partial charge in [-0.25, -0.2) is 14.8 Å². The highest BCUT2D eigenvalue weighted by Gasteiger charge is 2.28. The third-order valence-corrected chi connectivity index (χ3v) is 6.33. The summed E-state index contributed by atoms with van der Waals surface area (Å²) in [6, 6.07) is 19.4. The van der Waals surface area contributed by atoms with Gasteiger partial charge in [0, 0.05) is 18.8 Å². The number of carboxylic acid groups (broad SMARTS) is 1. The summed E-state index contributed by atoms with van der Waals surface area (Å²) in [5, 5.41) is 9.67. The predicted molar refractivity (Wildman–Crippen MR) is 127 cm³/mol. The largest absolute Gasteiger partial charge is 0.478 e. The Balaban J connectivity index is 1.52. The van der Waals surface area contributed by atoms with Gasteiger partial charge in [0.25, 0.3) is 0 Å². The fraction of sp³-hybridized carbons (Fsp3) is 0.370. The molecule has 1 fully saturated rings. The molecule has 1 saturated heterocycles. The second-order valence-corrected chi connectivity index (χ2v) is 8.91. The van der Waals surface area contributed by atoms with Gasteiger partial charge in [-0.05, 0) is 54.7 Å². The lowest BCUT2D eigenvalue weighted by atomic mass is 9.99. The van der Waals surface area contributed by atoms with E-state index < -0.39 is 5.97 Å². The molecular formula is C27H31N3O2. The molecule has 0 spiro atoms. The second-order valence-electron chi connectivity index (χ2n) is 8.91. The minimum atomic E-state index is -0.969. The van der Waals surface area contributed by atoms with E-state index in [1.54, 1.807) is 0 Å². The van der Waals surface area contributed by atoms with E-state index in [0.29, 0.717) is 30.0 Å². The maximum Gasteiger partial charge on any atom is 0.339 e. The van der Waals surface area contributed by atoms with Crippen molar-refractivity contribution < 1.29 is 9.90 Å². The number of carboxylic acids is 1. The Morgan fingerprint density at radius 3 is 2.50 bits per heavy atom. The highest BCUT2D eigenvalue weighted by Crippen LogP contribution is 2.26. The first-order valence-electron chi connectivity index (χ1n) is 11.5. The Labute approximate surface area is 190 Å². The first-order valence-corrected chi connectivity index (χ1v) is 11.5. The maximum atomic E-state index is 11.8. The van der Waals surface area contributed by atoms with Crippen LogP contribution in [-0.4, -0.2) is 33.6 Å². The van der Waals surface area contributed by atoms with Crippen LogP contribution < -0.4 is 4.90 Å². The number of nitrogens with zero attached hydrogens (tertiary/aromatic N) is 3. The van der Waals surface area contributed by atoms with E-state index in [0.717, 1.165) is 32.2 Å². The van der Waals surface area contributed by atoms with Gasteiger partial charge >= 0.3 is 5.97 Å². The average Bonchev–Trinajstić information content (AvgIpc) is 3.26.